The summed E-state index contributed by atoms with van der Waals surface area (Å²) < 4.78 is 1.78. The standard InChI is InChI=1S/C24H28ClN7O2/c1-14-11-32-22(28-23(14)30-12-17(26)13-30)10-20(29-32)21-5-3-4-8-31(21)24(34)18-9-16(25)6-7-19(18)27-15(2)33/h6-7,9-11,17,21H,3-5,8,12-13,26H2,1-2H3,(H,27,33)/t21-/m0/s1. The monoisotopic (exact) mass is 481 g/mol. The second kappa shape index (κ2) is 8.88. The lowest BCUT2D eigenvalue weighted by atomic mass is 9.98. The van der Waals surface area contributed by atoms with Crippen LogP contribution >= 0.6 is 11.6 Å². The van der Waals surface area contributed by atoms with Crippen molar-refractivity contribution in [3.05, 3.63) is 52.3 Å². The molecule has 2 aromatic heterocycles. The fraction of sp³-hybridized carbons (Fsp3) is 0.417. The van der Waals surface area contributed by atoms with E-state index in [1.807, 2.05) is 24.1 Å². The van der Waals surface area contributed by atoms with Crippen molar-refractivity contribution in [1.29, 1.82) is 0 Å². The van der Waals surface area contributed by atoms with Crippen LogP contribution in [0.25, 0.3) is 5.65 Å². The molecule has 9 nitrogen and oxygen atoms in total. The summed E-state index contributed by atoms with van der Waals surface area (Å²) in [5, 5.41) is 7.98. The Morgan fingerprint density at radius 3 is 2.74 bits per heavy atom. The minimum atomic E-state index is -0.243. The van der Waals surface area contributed by atoms with Crippen LogP contribution in [0.5, 0.6) is 0 Å². The molecule has 0 spiro atoms. The molecule has 1 aromatic carbocycles. The van der Waals surface area contributed by atoms with Gasteiger partial charge >= 0.3 is 0 Å². The molecule has 0 bridgehead atoms. The summed E-state index contributed by atoms with van der Waals surface area (Å²) in [7, 11) is 0. The predicted octanol–water partition coefficient (Wildman–Crippen LogP) is 3.16. The van der Waals surface area contributed by atoms with Gasteiger partial charge in [0, 0.05) is 55.4 Å². The first kappa shape index (κ1) is 22.6. The van der Waals surface area contributed by atoms with Gasteiger partial charge in [0.25, 0.3) is 5.91 Å². The summed E-state index contributed by atoms with van der Waals surface area (Å²) in [5.74, 6) is 0.510. The molecule has 34 heavy (non-hydrogen) atoms. The van der Waals surface area contributed by atoms with Gasteiger partial charge in [0.1, 0.15) is 5.82 Å². The van der Waals surface area contributed by atoms with Crippen LogP contribution in [0.1, 0.15) is 53.8 Å². The van der Waals surface area contributed by atoms with Crippen LogP contribution in [0.4, 0.5) is 11.5 Å². The molecule has 0 radical (unpaired) electrons. The highest BCUT2D eigenvalue weighted by atomic mass is 35.5. The van der Waals surface area contributed by atoms with E-state index < -0.39 is 0 Å². The van der Waals surface area contributed by atoms with Crippen LogP contribution in [0.2, 0.25) is 5.02 Å². The maximum atomic E-state index is 13.7. The van der Waals surface area contributed by atoms with Crippen molar-refractivity contribution in [3.63, 3.8) is 0 Å². The van der Waals surface area contributed by atoms with Crippen LogP contribution < -0.4 is 16.0 Å². The maximum Gasteiger partial charge on any atom is 0.256 e. The number of piperidine rings is 1. The van der Waals surface area contributed by atoms with E-state index in [1.54, 1.807) is 22.7 Å². The average molecular weight is 482 g/mol. The number of hydrogen-bond donors (Lipinski definition) is 2. The molecule has 3 N–H and O–H groups in total. The zero-order valence-electron chi connectivity index (χ0n) is 19.3. The highest BCUT2D eigenvalue weighted by Gasteiger charge is 2.32. The van der Waals surface area contributed by atoms with Crippen molar-refractivity contribution in [2.45, 2.75) is 45.2 Å². The predicted molar refractivity (Wildman–Crippen MR) is 131 cm³/mol. The number of anilines is 2. The molecule has 2 amide bonds. The Morgan fingerprint density at radius 2 is 2.00 bits per heavy atom. The van der Waals surface area contributed by atoms with Gasteiger partial charge in [-0.2, -0.15) is 5.10 Å². The molecule has 0 saturated carbocycles. The van der Waals surface area contributed by atoms with Gasteiger partial charge in [-0.05, 0) is 44.4 Å². The van der Waals surface area contributed by atoms with E-state index in [0.29, 0.717) is 22.8 Å². The molecule has 2 fully saturated rings. The molecular formula is C24H28ClN7O2. The van der Waals surface area contributed by atoms with Gasteiger partial charge in [-0.1, -0.05) is 11.6 Å². The Morgan fingerprint density at radius 1 is 1.21 bits per heavy atom. The smallest absolute Gasteiger partial charge is 0.256 e. The second-order valence-corrected chi connectivity index (χ2v) is 9.60. The van der Waals surface area contributed by atoms with Gasteiger partial charge in [-0.15, -0.1) is 0 Å². The fourth-order valence-corrected chi connectivity index (χ4v) is 4.99. The van der Waals surface area contributed by atoms with Crippen molar-refractivity contribution in [2.24, 2.45) is 5.73 Å². The van der Waals surface area contributed by atoms with Crippen molar-refractivity contribution >= 4 is 40.6 Å². The minimum absolute atomic E-state index is 0.174. The van der Waals surface area contributed by atoms with Crippen molar-refractivity contribution in [1.82, 2.24) is 19.5 Å². The van der Waals surface area contributed by atoms with Gasteiger partial charge in [0.15, 0.2) is 5.65 Å². The van der Waals surface area contributed by atoms with E-state index in [-0.39, 0.29) is 23.9 Å². The summed E-state index contributed by atoms with van der Waals surface area (Å²) in [5.41, 5.74) is 9.37. The van der Waals surface area contributed by atoms with E-state index in [2.05, 4.69) is 10.2 Å². The van der Waals surface area contributed by atoms with Gasteiger partial charge in [-0.3, -0.25) is 9.59 Å². The molecule has 5 rings (SSSR count). The first-order valence-electron chi connectivity index (χ1n) is 11.6. The minimum Gasteiger partial charge on any atom is -0.353 e. The lowest BCUT2D eigenvalue weighted by Gasteiger charge is -2.38. The third-order valence-corrected chi connectivity index (χ3v) is 6.70. The molecule has 2 aliphatic rings. The normalized spacial score (nSPS) is 18.8. The number of hydrogen-bond acceptors (Lipinski definition) is 6. The van der Waals surface area contributed by atoms with Gasteiger partial charge < -0.3 is 20.9 Å². The van der Waals surface area contributed by atoms with E-state index >= 15 is 0 Å². The van der Waals surface area contributed by atoms with Gasteiger partial charge in [-0.25, -0.2) is 9.50 Å². The van der Waals surface area contributed by atoms with Crippen molar-refractivity contribution in [3.8, 4) is 0 Å². The number of halogens is 1. The molecule has 2 saturated heterocycles. The summed E-state index contributed by atoms with van der Waals surface area (Å²) in [6.07, 6.45) is 4.69. The highest BCUT2D eigenvalue weighted by molar-refractivity contribution is 6.31. The van der Waals surface area contributed by atoms with Gasteiger partial charge in [0.2, 0.25) is 5.91 Å². The molecule has 1 atom stereocenters. The zero-order chi connectivity index (χ0) is 24.0. The molecule has 0 aliphatic carbocycles. The van der Waals surface area contributed by atoms with E-state index in [0.717, 1.165) is 55.1 Å². The Balaban J connectivity index is 1.48. The number of carbonyl (C=O) groups is 2. The molecule has 4 heterocycles. The summed E-state index contributed by atoms with van der Waals surface area (Å²) in [4.78, 5) is 34.2. The first-order valence-corrected chi connectivity index (χ1v) is 11.9. The number of rotatable bonds is 4. The van der Waals surface area contributed by atoms with E-state index in [1.165, 1.54) is 6.92 Å². The molecule has 2 aliphatic heterocycles. The molecule has 178 valence electrons. The number of aromatic nitrogens is 3. The van der Waals surface area contributed by atoms with Crippen LogP contribution in [0.15, 0.2) is 30.5 Å². The molecular weight excluding hydrogens is 454 g/mol. The van der Waals surface area contributed by atoms with Crippen molar-refractivity contribution < 1.29 is 9.59 Å². The highest BCUT2D eigenvalue weighted by Crippen LogP contribution is 2.34. The number of carbonyl (C=O) groups excluding carboxylic acids is 2. The van der Waals surface area contributed by atoms with Crippen molar-refractivity contribution in [2.75, 3.05) is 29.9 Å². The van der Waals surface area contributed by atoms with Crippen LogP contribution in [-0.2, 0) is 4.79 Å². The zero-order valence-corrected chi connectivity index (χ0v) is 20.0. The van der Waals surface area contributed by atoms with Gasteiger partial charge in [0.05, 0.1) is 23.0 Å². The Kier molecular flexibility index (Phi) is 5.91. The van der Waals surface area contributed by atoms with Crippen LogP contribution in [0.3, 0.4) is 0 Å². The SMILES string of the molecule is CC(=O)Nc1ccc(Cl)cc1C(=O)N1CCCC[C@H]1c1cc2nc(N3CC(N)C3)c(C)cn2n1. The lowest BCUT2D eigenvalue weighted by molar-refractivity contribution is -0.114. The van der Waals surface area contributed by atoms with E-state index in [4.69, 9.17) is 27.4 Å². The Labute approximate surface area is 202 Å². The number of likely N-dealkylation sites (tertiary alicyclic amines) is 1. The van der Waals surface area contributed by atoms with Crippen LogP contribution in [-0.4, -0.2) is 57.0 Å². The third-order valence-electron chi connectivity index (χ3n) is 6.46. The summed E-state index contributed by atoms with van der Waals surface area (Å²) >= 11 is 6.20. The number of nitrogens with one attached hydrogen (secondary N) is 1. The number of amides is 2. The second-order valence-electron chi connectivity index (χ2n) is 9.17. The molecule has 10 heteroatoms. The topological polar surface area (TPSA) is 109 Å². The summed E-state index contributed by atoms with van der Waals surface area (Å²) in [6, 6.07) is 6.90. The summed E-state index contributed by atoms with van der Waals surface area (Å²) in [6.45, 7) is 5.64. The number of aryl methyl sites for hydroxylation is 1. The number of nitrogens with two attached hydrogens (primary N) is 1. The molecule has 0 unspecified atom stereocenters. The number of fused-ring (bicyclic) bond motifs is 1. The third kappa shape index (κ3) is 4.21. The maximum absolute atomic E-state index is 13.7. The number of nitrogens with zero attached hydrogens (tertiary/aromatic N) is 5. The van der Waals surface area contributed by atoms with E-state index in [9.17, 15) is 9.59 Å². The average Bonchev–Trinajstić information content (AvgIpc) is 3.19. The largest absolute Gasteiger partial charge is 0.353 e. The van der Waals surface area contributed by atoms with Crippen LogP contribution in [0, 0.1) is 6.92 Å². The number of benzene rings is 1. The Bertz CT molecular complexity index is 1270. The fourth-order valence-electron chi connectivity index (χ4n) is 4.82. The Hall–Kier alpha value is -3.17. The quantitative estimate of drug-likeness (QED) is 0.592. The molecule has 3 aromatic rings. The first-order chi connectivity index (χ1) is 16.3. The lowest BCUT2D eigenvalue weighted by Crippen LogP contribution is -2.56.